The second kappa shape index (κ2) is 5.10. The third kappa shape index (κ3) is 3.95. The van der Waals surface area contributed by atoms with E-state index in [1.54, 1.807) is 7.11 Å². The van der Waals surface area contributed by atoms with Crippen molar-refractivity contribution >= 4 is 0 Å². The molecule has 0 saturated carbocycles. The quantitative estimate of drug-likeness (QED) is 0.743. The fourth-order valence-corrected chi connectivity index (χ4v) is 1.76. The minimum atomic E-state index is -0.116. The Bertz CT molecular complexity index is 171. The SMILES string of the molecule is COC(C)(C)CCN1CCCC(O)C1. The molecule has 1 unspecified atom stereocenters. The van der Waals surface area contributed by atoms with Crippen LogP contribution in [0, 0.1) is 0 Å². The predicted molar refractivity (Wildman–Crippen MR) is 57.4 cm³/mol. The number of aliphatic hydroxyl groups excluding tert-OH is 1. The molecule has 0 amide bonds. The molecule has 0 radical (unpaired) electrons. The molecule has 0 spiro atoms. The molecule has 1 N–H and O–H groups in total. The molecule has 0 aromatic rings. The van der Waals surface area contributed by atoms with Crippen LogP contribution in [-0.4, -0.2) is 48.5 Å². The molecule has 0 aromatic heterocycles. The summed E-state index contributed by atoms with van der Waals surface area (Å²) < 4.78 is 5.37. The van der Waals surface area contributed by atoms with Gasteiger partial charge < -0.3 is 14.7 Å². The van der Waals surface area contributed by atoms with Gasteiger partial charge >= 0.3 is 0 Å². The van der Waals surface area contributed by atoms with E-state index in [1.807, 2.05) is 0 Å². The zero-order valence-corrected chi connectivity index (χ0v) is 9.62. The molecule has 84 valence electrons. The molecule has 1 rings (SSSR count). The molecule has 3 nitrogen and oxygen atoms in total. The van der Waals surface area contributed by atoms with Crippen LogP contribution in [0.3, 0.4) is 0 Å². The van der Waals surface area contributed by atoms with Crippen molar-refractivity contribution in [1.29, 1.82) is 0 Å². The van der Waals surface area contributed by atoms with Gasteiger partial charge in [0.25, 0.3) is 0 Å². The number of piperidine rings is 1. The first kappa shape index (κ1) is 12.0. The average molecular weight is 201 g/mol. The van der Waals surface area contributed by atoms with Crippen molar-refractivity contribution in [1.82, 2.24) is 4.90 Å². The van der Waals surface area contributed by atoms with Gasteiger partial charge in [0.15, 0.2) is 0 Å². The number of aliphatic hydroxyl groups is 1. The number of β-amino-alcohol motifs (C(OH)–C–C–N with tert-alkyl or cyclic N) is 1. The van der Waals surface area contributed by atoms with E-state index < -0.39 is 0 Å². The highest BCUT2D eigenvalue weighted by atomic mass is 16.5. The number of hydrogen-bond donors (Lipinski definition) is 1. The van der Waals surface area contributed by atoms with Crippen molar-refractivity contribution in [2.24, 2.45) is 0 Å². The van der Waals surface area contributed by atoms with E-state index in [4.69, 9.17) is 4.74 Å². The van der Waals surface area contributed by atoms with Crippen LogP contribution in [0.2, 0.25) is 0 Å². The highest BCUT2D eigenvalue weighted by Gasteiger charge is 2.21. The summed E-state index contributed by atoms with van der Waals surface area (Å²) >= 11 is 0. The van der Waals surface area contributed by atoms with Gasteiger partial charge in [-0.25, -0.2) is 0 Å². The summed E-state index contributed by atoms with van der Waals surface area (Å²) in [6, 6.07) is 0. The van der Waals surface area contributed by atoms with E-state index in [-0.39, 0.29) is 11.7 Å². The topological polar surface area (TPSA) is 32.7 Å². The third-order valence-electron chi connectivity index (χ3n) is 3.06. The van der Waals surface area contributed by atoms with Gasteiger partial charge in [0.05, 0.1) is 11.7 Å². The normalized spacial score (nSPS) is 25.3. The number of likely N-dealkylation sites (tertiary alicyclic amines) is 1. The van der Waals surface area contributed by atoms with Crippen LogP contribution in [-0.2, 0) is 4.74 Å². The highest BCUT2D eigenvalue weighted by Crippen LogP contribution is 2.16. The number of hydrogen-bond acceptors (Lipinski definition) is 3. The van der Waals surface area contributed by atoms with E-state index in [2.05, 4.69) is 18.7 Å². The maximum Gasteiger partial charge on any atom is 0.0667 e. The Kier molecular flexibility index (Phi) is 4.35. The third-order valence-corrected chi connectivity index (χ3v) is 3.06. The molecule has 1 saturated heterocycles. The number of ether oxygens (including phenoxy) is 1. The molecule has 0 aliphatic carbocycles. The molecular weight excluding hydrogens is 178 g/mol. The Labute approximate surface area is 87.1 Å². The van der Waals surface area contributed by atoms with Gasteiger partial charge in [0.2, 0.25) is 0 Å². The predicted octanol–water partition coefficient (Wildman–Crippen LogP) is 1.26. The lowest BCUT2D eigenvalue weighted by atomic mass is 10.0. The Hall–Kier alpha value is -0.120. The lowest BCUT2D eigenvalue weighted by molar-refractivity contribution is -0.00180. The Morgan fingerprint density at radius 1 is 1.50 bits per heavy atom. The smallest absolute Gasteiger partial charge is 0.0667 e. The van der Waals surface area contributed by atoms with Crippen LogP contribution in [0.25, 0.3) is 0 Å². The molecule has 0 aromatic carbocycles. The van der Waals surface area contributed by atoms with E-state index in [0.29, 0.717) is 0 Å². The van der Waals surface area contributed by atoms with Gasteiger partial charge in [0.1, 0.15) is 0 Å². The highest BCUT2D eigenvalue weighted by molar-refractivity contribution is 4.75. The number of methoxy groups -OCH3 is 1. The van der Waals surface area contributed by atoms with Crippen LogP contribution in [0.15, 0.2) is 0 Å². The first-order valence-corrected chi connectivity index (χ1v) is 5.49. The lowest BCUT2D eigenvalue weighted by Gasteiger charge is -2.32. The van der Waals surface area contributed by atoms with Gasteiger partial charge in [-0.1, -0.05) is 0 Å². The minimum Gasteiger partial charge on any atom is -0.392 e. The maximum atomic E-state index is 9.49. The van der Waals surface area contributed by atoms with Crippen LogP contribution in [0.4, 0.5) is 0 Å². The molecule has 0 bridgehead atoms. The van der Waals surface area contributed by atoms with Crippen molar-refractivity contribution in [2.45, 2.75) is 44.8 Å². The van der Waals surface area contributed by atoms with Gasteiger partial charge in [0, 0.05) is 20.2 Å². The Morgan fingerprint density at radius 3 is 2.79 bits per heavy atom. The number of nitrogens with zero attached hydrogens (tertiary/aromatic N) is 1. The zero-order chi connectivity index (χ0) is 10.6. The maximum absolute atomic E-state index is 9.49. The monoisotopic (exact) mass is 201 g/mol. The molecule has 3 heteroatoms. The average Bonchev–Trinajstić information content (AvgIpc) is 2.15. The Balaban J connectivity index is 2.23. The minimum absolute atomic E-state index is 0.0393. The van der Waals surface area contributed by atoms with Crippen molar-refractivity contribution in [3.8, 4) is 0 Å². The first-order chi connectivity index (χ1) is 6.53. The first-order valence-electron chi connectivity index (χ1n) is 5.49. The van der Waals surface area contributed by atoms with E-state index in [9.17, 15) is 5.11 Å². The van der Waals surface area contributed by atoms with Crippen LogP contribution in [0.5, 0.6) is 0 Å². The van der Waals surface area contributed by atoms with E-state index >= 15 is 0 Å². The molecule has 14 heavy (non-hydrogen) atoms. The summed E-state index contributed by atoms with van der Waals surface area (Å²) in [5.41, 5.74) is -0.0393. The summed E-state index contributed by atoms with van der Waals surface area (Å²) in [5, 5.41) is 9.49. The van der Waals surface area contributed by atoms with Crippen molar-refractivity contribution in [3.63, 3.8) is 0 Å². The molecular formula is C11H23NO2. The van der Waals surface area contributed by atoms with Crippen molar-refractivity contribution in [2.75, 3.05) is 26.7 Å². The molecule has 1 atom stereocenters. The van der Waals surface area contributed by atoms with Crippen LogP contribution >= 0.6 is 0 Å². The fraction of sp³-hybridized carbons (Fsp3) is 1.00. The van der Waals surface area contributed by atoms with Gasteiger partial charge in [-0.15, -0.1) is 0 Å². The van der Waals surface area contributed by atoms with Crippen LogP contribution < -0.4 is 0 Å². The summed E-state index contributed by atoms with van der Waals surface area (Å²) in [7, 11) is 1.76. The van der Waals surface area contributed by atoms with Gasteiger partial charge in [-0.3, -0.25) is 0 Å². The van der Waals surface area contributed by atoms with Crippen LogP contribution in [0.1, 0.15) is 33.1 Å². The lowest BCUT2D eigenvalue weighted by Crippen LogP contribution is -2.41. The molecule has 1 aliphatic heterocycles. The standard InChI is InChI=1S/C11H23NO2/c1-11(2,14-3)6-8-12-7-4-5-10(13)9-12/h10,13H,4-9H2,1-3H3. The fourth-order valence-electron chi connectivity index (χ4n) is 1.76. The van der Waals surface area contributed by atoms with E-state index in [1.165, 1.54) is 0 Å². The molecule has 1 aliphatic rings. The van der Waals surface area contributed by atoms with E-state index in [0.717, 1.165) is 38.9 Å². The molecule has 1 heterocycles. The summed E-state index contributed by atoms with van der Waals surface area (Å²) in [6.45, 7) is 7.19. The van der Waals surface area contributed by atoms with Crippen molar-refractivity contribution in [3.05, 3.63) is 0 Å². The van der Waals surface area contributed by atoms with Gasteiger partial charge in [-0.05, 0) is 39.7 Å². The summed E-state index contributed by atoms with van der Waals surface area (Å²) in [5.74, 6) is 0. The number of rotatable bonds is 4. The van der Waals surface area contributed by atoms with Crippen molar-refractivity contribution < 1.29 is 9.84 Å². The molecule has 1 fully saturated rings. The van der Waals surface area contributed by atoms with Gasteiger partial charge in [-0.2, -0.15) is 0 Å². The second-order valence-corrected chi connectivity index (χ2v) is 4.81. The Morgan fingerprint density at radius 2 is 2.21 bits per heavy atom. The second-order valence-electron chi connectivity index (χ2n) is 4.81. The summed E-state index contributed by atoms with van der Waals surface area (Å²) in [6.07, 6.45) is 2.99. The largest absolute Gasteiger partial charge is 0.392 e. The summed E-state index contributed by atoms with van der Waals surface area (Å²) in [4.78, 5) is 2.33. The zero-order valence-electron chi connectivity index (χ0n) is 9.62.